The second-order valence-electron chi connectivity index (χ2n) is 3.58. The molecule has 0 aromatic rings. The molecule has 0 amide bonds. The maximum absolute atomic E-state index is 12.8. The van der Waals surface area contributed by atoms with Crippen molar-refractivity contribution in [1.29, 1.82) is 0 Å². The van der Waals surface area contributed by atoms with E-state index in [-0.39, 0.29) is 6.54 Å². The van der Waals surface area contributed by atoms with E-state index < -0.39 is 30.1 Å². The Morgan fingerprint density at radius 1 is 1.33 bits per heavy atom. The molecule has 1 aliphatic rings. The lowest BCUT2D eigenvalue weighted by Crippen LogP contribution is -2.59. The summed E-state index contributed by atoms with van der Waals surface area (Å²) < 4.78 is 50.2. The van der Waals surface area contributed by atoms with Gasteiger partial charge in [0.2, 0.25) is 5.92 Å². The maximum atomic E-state index is 12.8. The van der Waals surface area contributed by atoms with E-state index in [1.807, 2.05) is 0 Å². The molecule has 1 fully saturated rings. The summed E-state index contributed by atoms with van der Waals surface area (Å²) >= 11 is 0. The van der Waals surface area contributed by atoms with Gasteiger partial charge in [0.1, 0.15) is 0 Å². The highest BCUT2D eigenvalue weighted by Crippen LogP contribution is 2.58. The van der Waals surface area contributed by atoms with Crippen LogP contribution in [0.2, 0.25) is 0 Å². The van der Waals surface area contributed by atoms with Crippen molar-refractivity contribution in [2.45, 2.75) is 31.6 Å². The summed E-state index contributed by atoms with van der Waals surface area (Å²) in [4.78, 5) is 0. The third-order valence-electron chi connectivity index (χ3n) is 2.52. The summed E-state index contributed by atoms with van der Waals surface area (Å²) in [5, 5.41) is 0. The van der Waals surface area contributed by atoms with Crippen LogP contribution >= 0.6 is 0 Å². The van der Waals surface area contributed by atoms with Crippen LogP contribution in [0.3, 0.4) is 0 Å². The highest BCUT2D eigenvalue weighted by Gasteiger charge is 2.65. The molecule has 0 unspecified atom stereocenters. The lowest BCUT2D eigenvalue weighted by molar-refractivity contribution is -0.244. The van der Waals surface area contributed by atoms with Gasteiger partial charge in [-0.1, -0.05) is 0 Å². The maximum Gasteiger partial charge on any atom is 0.252 e. The van der Waals surface area contributed by atoms with Crippen molar-refractivity contribution in [2.24, 2.45) is 11.1 Å². The van der Waals surface area contributed by atoms with Gasteiger partial charge in [-0.2, -0.15) is 0 Å². The third-order valence-corrected chi connectivity index (χ3v) is 2.52. The van der Waals surface area contributed by atoms with E-state index in [1.54, 1.807) is 0 Å². The Labute approximate surface area is 67.9 Å². The molecule has 0 saturated heterocycles. The fourth-order valence-electron chi connectivity index (χ4n) is 1.57. The topological polar surface area (TPSA) is 26.0 Å². The number of halogens is 4. The number of hydrogen-bond donors (Lipinski definition) is 1. The number of nitrogens with two attached hydrogens (primary N) is 1. The van der Waals surface area contributed by atoms with Crippen molar-refractivity contribution in [1.82, 2.24) is 0 Å². The van der Waals surface area contributed by atoms with Crippen molar-refractivity contribution in [3.63, 3.8) is 0 Å². The molecule has 0 spiro atoms. The van der Waals surface area contributed by atoms with Crippen LogP contribution in [0.25, 0.3) is 0 Å². The van der Waals surface area contributed by atoms with Gasteiger partial charge in [0.05, 0.1) is 5.41 Å². The van der Waals surface area contributed by atoms with Gasteiger partial charge >= 0.3 is 0 Å². The molecule has 72 valence electrons. The monoisotopic (exact) mass is 185 g/mol. The van der Waals surface area contributed by atoms with E-state index >= 15 is 0 Å². The summed E-state index contributed by atoms with van der Waals surface area (Å²) in [6, 6.07) is 0. The van der Waals surface area contributed by atoms with Crippen LogP contribution in [-0.4, -0.2) is 18.4 Å². The minimum Gasteiger partial charge on any atom is -0.330 e. The van der Waals surface area contributed by atoms with Crippen molar-refractivity contribution in [3.05, 3.63) is 0 Å². The van der Waals surface area contributed by atoms with Crippen molar-refractivity contribution < 1.29 is 17.6 Å². The first-order chi connectivity index (χ1) is 5.22. The molecule has 2 N–H and O–H groups in total. The van der Waals surface area contributed by atoms with Crippen LogP contribution in [0, 0.1) is 5.41 Å². The van der Waals surface area contributed by atoms with Gasteiger partial charge < -0.3 is 5.73 Å². The summed E-state index contributed by atoms with van der Waals surface area (Å²) in [7, 11) is 0. The van der Waals surface area contributed by atoms with Crippen LogP contribution < -0.4 is 5.73 Å². The zero-order chi connectivity index (χ0) is 9.62. The molecule has 1 saturated carbocycles. The van der Waals surface area contributed by atoms with E-state index in [1.165, 1.54) is 0 Å². The third kappa shape index (κ3) is 1.30. The molecule has 1 rings (SSSR count). The second-order valence-corrected chi connectivity index (χ2v) is 3.58. The Hall–Kier alpha value is -0.320. The molecule has 5 heteroatoms. The van der Waals surface area contributed by atoms with E-state index in [0.29, 0.717) is 6.92 Å². The first-order valence-electron chi connectivity index (χ1n) is 3.68. The van der Waals surface area contributed by atoms with Gasteiger partial charge in [0.15, 0.2) is 0 Å². The molecule has 1 nitrogen and oxygen atoms in total. The Balaban J connectivity index is 2.72. The number of hydrogen-bond acceptors (Lipinski definition) is 1. The van der Waals surface area contributed by atoms with E-state index in [0.717, 1.165) is 0 Å². The predicted molar refractivity (Wildman–Crippen MR) is 36.3 cm³/mol. The van der Waals surface area contributed by atoms with Gasteiger partial charge in [-0.05, 0) is 6.92 Å². The molecule has 0 radical (unpaired) electrons. The molecular formula is C7H11F4N. The minimum absolute atomic E-state index is 0.383. The largest absolute Gasteiger partial charge is 0.330 e. The average Bonchev–Trinajstić information content (AvgIpc) is 1.78. The molecule has 0 aliphatic heterocycles. The molecule has 0 aromatic carbocycles. The molecule has 0 bridgehead atoms. The summed E-state index contributed by atoms with van der Waals surface area (Å²) in [5.74, 6) is -6.05. The molecule has 12 heavy (non-hydrogen) atoms. The number of alkyl halides is 4. The fraction of sp³-hybridized carbons (Fsp3) is 1.00. The lowest BCUT2D eigenvalue weighted by Gasteiger charge is -2.49. The molecular weight excluding hydrogens is 174 g/mol. The van der Waals surface area contributed by atoms with Crippen LogP contribution in [0.15, 0.2) is 0 Å². The van der Waals surface area contributed by atoms with Crippen molar-refractivity contribution >= 4 is 0 Å². The Kier molecular flexibility index (Phi) is 1.90. The second kappa shape index (κ2) is 2.34. The minimum atomic E-state index is -3.11. The average molecular weight is 185 g/mol. The highest BCUT2D eigenvalue weighted by atomic mass is 19.3. The van der Waals surface area contributed by atoms with Crippen LogP contribution in [0.1, 0.15) is 19.8 Å². The smallest absolute Gasteiger partial charge is 0.252 e. The Morgan fingerprint density at radius 2 is 1.75 bits per heavy atom. The summed E-state index contributed by atoms with van der Waals surface area (Å²) in [5.41, 5.74) is 3.39. The van der Waals surface area contributed by atoms with Crippen LogP contribution in [0.5, 0.6) is 0 Å². The van der Waals surface area contributed by atoms with E-state index in [4.69, 9.17) is 5.73 Å². The lowest BCUT2D eigenvalue weighted by atomic mass is 9.62. The molecule has 0 heterocycles. The quantitative estimate of drug-likeness (QED) is 0.654. The molecule has 0 aromatic heterocycles. The summed E-state index contributed by atoms with van der Waals surface area (Å²) in [6.07, 6.45) is -1.58. The van der Waals surface area contributed by atoms with Gasteiger partial charge in [-0.3, -0.25) is 0 Å². The van der Waals surface area contributed by atoms with Gasteiger partial charge in [0, 0.05) is 19.4 Å². The molecule has 0 atom stereocenters. The first-order valence-corrected chi connectivity index (χ1v) is 3.68. The van der Waals surface area contributed by atoms with Gasteiger partial charge in [0.25, 0.3) is 5.92 Å². The van der Waals surface area contributed by atoms with Crippen molar-refractivity contribution in [3.8, 4) is 0 Å². The Morgan fingerprint density at radius 3 is 1.83 bits per heavy atom. The molecule has 1 aliphatic carbocycles. The highest BCUT2D eigenvalue weighted by molar-refractivity contribution is 5.05. The zero-order valence-corrected chi connectivity index (χ0v) is 6.71. The van der Waals surface area contributed by atoms with Crippen LogP contribution in [0.4, 0.5) is 17.6 Å². The van der Waals surface area contributed by atoms with E-state index in [2.05, 4.69) is 0 Å². The first kappa shape index (κ1) is 9.77. The SMILES string of the molecule is CC(F)(F)C1(CN)CC(F)(F)C1. The van der Waals surface area contributed by atoms with Crippen LogP contribution in [-0.2, 0) is 0 Å². The zero-order valence-electron chi connectivity index (χ0n) is 6.71. The van der Waals surface area contributed by atoms with Crippen molar-refractivity contribution in [2.75, 3.05) is 6.54 Å². The van der Waals surface area contributed by atoms with Gasteiger partial charge in [-0.15, -0.1) is 0 Å². The predicted octanol–water partition coefficient (Wildman–Crippen LogP) is 2.02. The Bertz CT molecular complexity index is 176. The summed E-state index contributed by atoms with van der Waals surface area (Å²) in [6.45, 7) is 0.265. The van der Waals surface area contributed by atoms with Gasteiger partial charge in [-0.25, -0.2) is 17.6 Å². The fourth-order valence-corrected chi connectivity index (χ4v) is 1.57. The standard InChI is InChI=1S/C7H11F4N/c1-5(8,9)6(4-12)2-7(10,11)3-6/h2-4,12H2,1H3. The number of rotatable bonds is 2. The normalized spacial score (nSPS) is 26.5. The van der Waals surface area contributed by atoms with E-state index in [9.17, 15) is 17.6 Å².